The molecule has 1 fully saturated rings. The molecule has 0 spiro atoms. The minimum atomic E-state index is -3.05. The highest BCUT2D eigenvalue weighted by Crippen LogP contribution is 2.28. The Kier molecular flexibility index (Phi) is 5.41. The standard InChI is InChI=1S/C17H17Cl2N3O3S/c1-11-9-16(22(21-11)12-7-8-26(24,25)10-12)20-17(23)6-5-13-14(18)3-2-4-15(13)19/h2-6,9,12H,7-8,10H2,1H3,(H,20,23)/b6-5+. The summed E-state index contributed by atoms with van der Waals surface area (Å²) in [6.45, 7) is 1.79. The Balaban J connectivity index is 1.77. The van der Waals surface area contributed by atoms with E-state index in [-0.39, 0.29) is 23.5 Å². The lowest BCUT2D eigenvalue weighted by Gasteiger charge is -2.13. The lowest BCUT2D eigenvalue weighted by Crippen LogP contribution is -2.18. The van der Waals surface area contributed by atoms with Crippen LogP contribution in [0, 0.1) is 6.92 Å². The molecule has 1 unspecified atom stereocenters. The molecule has 1 aromatic carbocycles. The van der Waals surface area contributed by atoms with Gasteiger partial charge in [-0.05, 0) is 31.6 Å². The molecule has 1 atom stereocenters. The van der Waals surface area contributed by atoms with Gasteiger partial charge in [-0.1, -0.05) is 29.3 Å². The van der Waals surface area contributed by atoms with E-state index in [1.165, 1.54) is 12.2 Å². The van der Waals surface area contributed by atoms with Gasteiger partial charge in [-0.2, -0.15) is 5.10 Å². The number of rotatable bonds is 4. The average molecular weight is 414 g/mol. The van der Waals surface area contributed by atoms with Gasteiger partial charge in [0.05, 0.1) is 23.2 Å². The Hall–Kier alpha value is -1.83. The third-order valence-corrected chi connectivity index (χ3v) is 6.47. The van der Waals surface area contributed by atoms with Crippen molar-refractivity contribution < 1.29 is 13.2 Å². The molecule has 0 aliphatic carbocycles. The number of nitrogens with one attached hydrogen (secondary N) is 1. The van der Waals surface area contributed by atoms with Gasteiger partial charge >= 0.3 is 0 Å². The van der Waals surface area contributed by atoms with Crippen molar-refractivity contribution in [3.8, 4) is 0 Å². The summed E-state index contributed by atoms with van der Waals surface area (Å²) in [6, 6.07) is 6.53. The molecule has 26 heavy (non-hydrogen) atoms. The van der Waals surface area contributed by atoms with Crippen molar-refractivity contribution in [2.45, 2.75) is 19.4 Å². The summed E-state index contributed by atoms with van der Waals surface area (Å²) < 4.78 is 25.0. The summed E-state index contributed by atoms with van der Waals surface area (Å²) in [5.41, 5.74) is 1.25. The second-order valence-electron chi connectivity index (χ2n) is 6.13. The molecule has 0 radical (unpaired) electrons. The van der Waals surface area contributed by atoms with Gasteiger partial charge in [-0.25, -0.2) is 13.1 Å². The number of carbonyl (C=O) groups is 1. The molecular formula is C17H17Cl2N3O3S. The van der Waals surface area contributed by atoms with Gasteiger partial charge in [0.15, 0.2) is 9.84 Å². The van der Waals surface area contributed by atoms with Crippen LogP contribution in [0.3, 0.4) is 0 Å². The van der Waals surface area contributed by atoms with Crippen LogP contribution in [0.5, 0.6) is 0 Å². The van der Waals surface area contributed by atoms with Crippen molar-refractivity contribution in [1.29, 1.82) is 0 Å². The molecule has 1 aliphatic rings. The molecule has 9 heteroatoms. The highest BCUT2D eigenvalue weighted by atomic mass is 35.5. The maximum atomic E-state index is 12.3. The second-order valence-corrected chi connectivity index (χ2v) is 9.17. The van der Waals surface area contributed by atoms with Crippen LogP contribution in [0.1, 0.15) is 23.7 Å². The van der Waals surface area contributed by atoms with Gasteiger partial charge in [0.25, 0.3) is 0 Å². The highest BCUT2D eigenvalue weighted by molar-refractivity contribution is 7.91. The first-order chi connectivity index (χ1) is 12.2. The van der Waals surface area contributed by atoms with Crippen LogP contribution in [0.2, 0.25) is 10.0 Å². The van der Waals surface area contributed by atoms with E-state index in [1.54, 1.807) is 35.9 Å². The van der Waals surface area contributed by atoms with Gasteiger partial charge in [-0.15, -0.1) is 0 Å². The Morgan fingerprint density at radius 1 is 1.35 bits per heavy atom. The summed E-state index contributed by atoms with van der Waals surface area (Å²) in [5, 5.41) is 7.95. The topological polar surface area (TPSA) is 81.1 Å². The van der Waals surface area contributed by atoms with Crippen molar-refractivity contribution in [2.75, 3.05) is 16.8 Å². The summed E-state index contributed by atoms with van der Waals surface area (Å²) in [5.74, 6) is 0.240. The maximum absolute atomic E-state index is 12.3. The van der Waals surface area contributed by atoms with Gasteiger partial charge in [0, 0.05) is 27.8 Å². The lowest BCUT2D eigenvalue weighted by atomic mass is 10.2. The normalized spacial score (nSPS) is 19.1. The molecule has 0 bridgehead atoms. The number of aromatic nitrogens is 2. The number of aryl methyl sites for hydroxylation is 1. The second kappa shape index (κ2) is 7.42. The number of hydrogen-bond acceptors (Lipinski definition) is 4. The number of carbonyl (C=O) groups excluding carboxylic acids is 1. The van der Waals surface area contributed by atoms with Gasteiger partial charge in [0.1, 0.15) is 5.82 Å². The summed E-state index contributed by atoms with van der Waals surface area (Å²) in [6.07, 6.45) is 3.34. The minimum absolute atomic E-state index is 0.0298. The van der Waals surface area contributed by atoms with Crippen molar-refractivity contribution >= 4 is 50.8 Å². The Morgan fingerprint density at radius 3 is 2.65 bits per heavy atom. The SMILES string of the molecule is Cc1cc(NC(=O)/C=C/c2c(Cl)cccc2Cl)n(C2CCS(=O)(=O)C2)n1. The molecule has 1 aliphatic heterocycles. The smallest absolute Gasteiger partial charge is 0.249 e. The molecule has 1 amide bonds. The molecule has 1 aromatic heterocycles. The van der Waals surface area contributed by atoms with E-state index in [0.717, 1.165) is 0 Å². The van der Waals surface area contributed by atoms with E-state index in [1.807, 2.05) is 0 Å². The molecule has 2 heterocycles. The fraction of sp³-hybridized carbons (Fsp3) is 0.294. The number of sulfone groups is 1. The fourth-order valence-electron chi connectivity index (χ4n) is 2.85. The van der Waals surface area contributed by atoms with Crippen LogP contribution in [-0.2, 0) is 14.6 Å². The first-order valence-corrected chi connectivity index (χ1v) is 10.5. The molecule has 1 N–H and O–H groups in total. The Labute approximate surface area is 161 Å². The summed E-state index contributed by atoms with van der Waals surface area (Å²) in [7, 11) is -3.05. The van der Waals surface area contributed by atoms with Gasteiger partial charge in [0.2, 0.25) is 5.91 Å². The number of amides is 1. The van der Waals surface area contributed by atoms with Crippen LogP contribution in [0.25, 0.3) is 6.08 Å². The van der Waals surface area contributed by atoms with Crippen molar-refractivity contribution in [3.63, 3.8) is 0 Å². The first kappa shape index (κ1) is 18.9. The quantitative estimate of drug-likeness (QED) is 0.777. The van der Waals surface area contributed by atoms with E-state index < -0.39 is 9.84 Å². The predicted molar refractivity (Wildman–Crippen MR) is 103 cm³/mol. The van der Waals surface area contributed by atoms with Crippen molar-refractivity contribution in [1.82, 2.24) is 9.78 Å². The van der Waals surface area contributed by atoms with Crippen LogP contribution in [0.4, 0.5) is 5.82 Å². The number of anilines is 1. The fourth-order valence-corrected chi connectivity index (χ4v) is 5.07. The monoisotopic (exact) mass is 413 g/mol. The van der Waals surface area contributed by atoms with E-state index >= 15 is 0 Å². The van der Waals surface area contributed by atoms with E-state index in [2.05, 4.69) is 10.4 Å². The third-order valence-electron chi connectivity index (χ3n) is 4.06. The van der Waals surface area contributed by atoms with E-state index in [9.17, 15) is 13.2 Å². The highest BCUT2D eigenvalue weighted by Gasteiger charge is 2.31. The first-order valence-electron chi connectivity index (χ1n) is 7.95. The molecule has 2 aromatic rings. The van der Waals surface area contributed by atoms with Crippen molar-refractivity contribution in [3.05, 3.63) is 51.6 Å². The average Bonchev–Trinajstić information content (AvgIpc) is 3.08. The lowest BCUT2D eigenvalue weighted by molar-refractivity contribution is -0.111. The zero-order chi connectivity index (χ0) is 18.9. The molecule has 1 saturated heterocycles. The van der Waals surface area contributed by atoms with Crippen LogP contribution < -0.4 is 5.32 Å². The van der Waals surface area contributed by atoms with Crippen molar-refractivity contribution in [2.24, 2.45) is 0 Å². The third kappa shape index (κ3) is 4.28. The zero-order valence-corrected chi connectivity index (χ0v) is 16.3. The number of halogens is 2. The zero-order valence-electron chi connectivity index (χ0n) is 13.9. The molecule has 138 valence electrons. The summed E-state index contributed by atoms with van der Waals surface area (Å²) in [4.78, 5) is 12.3. The van der Waals surface area contributed by atoms with Gasteiger partial charge in [-0.3, -0.25) is 4.79 Å². The van der Waals surface area contributed by atoms with Crippen LogP contribution >= 0.6 is 23.2 Å². The molecule has 6 nitrogen and oxygen atoms in total. The minimum Gasteiger partial charge on any atom is -0.307 e. The number of hydrogen-bond donors (Lipinski definition) is 1. The van der Waals surface area contributed by atoms with E-state index in [0.29, 0.717) is 33.5 Å². The largest absolute Gasteiger partial charge is 0.307 e. The number of nitrogens with zero attached hydrogens (tertiary/aromatic N) is 2. The molecular weight excluding hydrogens is 397 g/mol. The molecule has 3 rings (SSSR count). The number of benzene rings is 1. The van der Waals surface area contributed by atoms with Crippen LogP contribution in [-0.4, -0.2) is 35.6 Å². The van der Waals surface area contributed by atoms with Gasteiger partial charge < -0.3 is 5.32 Å². The summed E-state index contributed by atoms with van der Waals surface area (Å²) >= 11 is 12.2. The van der Waals surface area contributed by atoms with E-state index in [4.69, 9.17) is 23.2 Å². The molecule has 0 saturated carbocycles. The maximum Gasteiger partial charge on any atom is 0.249 e. The Bertz CT molecular complexity index is 963. The van der Waals surface area contributed by atoms with Crippen LogP contribution in [0.15, 0.2) is 30.3 Å². The Morgan fingerprint density at radius 2 is 2.04 bits per heavy atom. The predicted octanol–water partition coefficient (Wildman–Crippen LogP) is 3.51.